The third-order valence-corrected chi connectivity index (χ3v) is 4.75. The Bertz CT molecular complexity index is 848. The minimum absolute atomic E-state index is 0.0883. The molecule has 0 radical (unpaired) electrons. The maximum absolute atomic E-state index is 11.9. The third kappa shape index (κ3) is 4.78. The molecular weight excluding hydrogens is 388 g/mol. The normalized spacial score (nSPS) is 14.0. The summed E-state index contributed by atoms with van der Waals surface area (Å²) in [6.45, 7) is 4.38. The molecule has 1 aliphatic rings. The van der Waals surface area contributed by atoms with Crippen molar-refractivity contribution in [3.05, 3.63) is 47.4 Å². The van der Waals surface area contributed by atoms with Gasteiger partial charge in [0, 0.05) is 38.8 Å². The molecular formula is C18H19ClN4O3S. The van der Waals surface area contributed by atoms with E-state index < -0.39 is 5.91 Å². The summed E-state index contributed by atoms with van der Waals surface area (Å²) in [6, 6.07) is 8.66. The molecule has 1 aromatic heterocycles. The van der Waals surface area contributed by atoms with Crippen LogP contribution in [0.4, 0.5) is 11.4 Å². The standard InChI is InChI=1S/C18H19ClN4O3S/c1-12(24)22-6-8-23(9-7-22)15-5-4-13(11-14(15)19)20-18(27)21-17(25)16-3-2-10-26-16/h2-5,10-11H,6-9H2,1H3,(H2,20,21,25,27). The molecule has 2 heterocycles. The van der Waals surface area contributed by atoms with Crippen LogP contribution in [-0.4, -0.2) is 48.0 Å². The highest BCUT2D eigenvalue weighted by Crippen LogP contribution is 2.29. The van der Waals surface area contributed by atoms with Crippen LogP contribution in [0.25, 0.3) is 0 Å². The van der Waals surface area contributed by atoms with Gasteiger partial charge in [0.15, 0.2) is 10.9 Å². The van der Waals surface area contributed by atoms with E-state index in [1.807, 2.05) is 17.0 Å². The van der Waals surface area contributed by atoms with E-state index in [-0.39, 0.29) is 16.8 Å². The number of furan rings is 1. The van der Waals surface area contributed by atoms with Crippen LogP contribution in [0.15, 0.2) is 41.0 Å². The van der Waals surface area contributed by atoms with E-state index >= 15 is 0 Å². The Morgan fingerprint density at radius 2 is 1.93 bits per heavy atom. The lowest BCUT2D eigenvalue weighted by molar-refractivity contribution is -0.129. The third-order valence-electron chi connectivity index (χ3n) is 4.24. The van der Waals surface area contributed by atoms with E-state index in [0.717, 1.165) is 18.8 Å². The van der Waals surface area contributed by atoms with Crippen LogP contribution in [0.3, 0.4) is 0 Å². The van der Waals surface area contributed by atoms with E-state index in [1.54, 1.807) is 25.1 Å². The highest BCUT2D eigenvalue weighted by atomic mass is 35.5. The van der Waals surface area contributed by atoms with E-state index in [9.17, 15) is 9.59 Å². The summed E-state index contributed by atoms with van der Waals surface area (Å²) in [4.78, 5) is 27.3. The first kappa shape index (κ1) is 19.2. The van der Waals surface area contributed by atoms with Gasteiger partial charge in [-0.3, -0.25) is 14.9 Å². The molecule has 1 saturated heterocycles. The summed E-state index contributed by atoms with van der Waals surface area (Å²) in [5.74, 6) is -0.161. The van der Waals surface area contributed by atoms with E-state index in [0.29, 0.717) is 23.8 Å². The summed E-state index contributed by atoms with van der Waals surface area (Å²) in [7, 11) is 0. The van der Waals surface area contributed by atoms with E-state index in [2.05, 4.69) is 15.5 Å². The summed E-state index contributed by atoms with van der Waals surface area (Å²) in [5.41, 5.74) is 1.56. The molecule has 0 aliphatic carbocycles. The van der Waals surface area contributed by atoms with Crippen molar-refractivity contribution in [2.24, 2.45) is 0 Å². The number of benzene rings is 1. The van der Waals surface area contributed by atoms with Gasteiger partial charge >= 0.3 is 0 Å². The molecule has 0 bridgehead atoms. The lowest BCUT2D eigenvalue weighted by atomic mass is 10.2. The van der Waals surface area contributed by atoms with Crippen molar-refractivity contribution in [1.82, 2.24) is 10.2 Å². The molecule has 0 unspecified atom stereocenters. The van der Waals surface area contributed by atoms with E-state index in [1.165, 1.54) is 6.26 Å². The lowest BCUT2D eigenvalue weighted by Gasteiger charge is -2.36. The summed E-state index contributed by atoms with van der Waals surface area (Å²) in [6.07, 6.45) is 1.42. The zero-order valence-corrected chi connectivity index (χ0v) is 16.3. The number of hydrogen-bond donors (Lipinski definition) is 2. The number of amides is 2. The van der Waals surface area contributed by atoms with Crippen molar-refractivity contribution < 1.29 is 14.0 Å². The summed E-state index contributed by atoms with van der Waals surface area (Å²) >= 11 is 11.6. The molecule has 3 rings (SSSR count). The Balaban J connectivity index is 1.59. The number of thiocarbonyl (C=S) groups is 1. The van der Waals surface area contributed by atoms with Gasteiger partial charge in [0.1, 0.15) is 0 Å². The Kier molecular flexibility index (Phi) is 5.98. The van der Waals surface area contributed by atoms with Crippen LogP contribution >= 0.6 is 23.8 Å². The zero-order valence-electron chi connectivity index (χ0n) is 14.7. The van der Waals surface area contributed by atoms with Crippen LogP contribution in [0.1, 0.15) is 17.5 Å². The van der Waals surface area contributed by atoms with Crippen LogP contribution in [-0.2, 0) is 4.79 Å². The number of halogens is 1. The second kappa shape index (κ2) is 8.41. The molecule has 1 aliphatic heterocycles. The Morgan fingerprint density at radius 3 is 2.52 bits per heavy atom. The van der Waals surface area contributed by atoms with Crippen LogP contribution in [0.5, 0.6) is 0 Å². The molecule has 9 heteroatoms. The number of carbonyl (C=O) groups is 2. The predicted octanol–water partition coefficient (Wildman–Crippen LogP) is 2.73. The fourth-order valence-electron chi connectivity index (χ4n) is 2.84. The molecule has 1 fully saturated rings. The average Bonchev–Trinajstić information content (AvgIpc) is 3.16. The van der Waals surface area contributed by atoms with Crippen LogP contribution < -0.4 is 15.5 Å². The molecule has 0 atom stereocenters. The highest BCUT2D eigenvalue weighted by molar-refractivity contribution is 7.80. The van der Waals surface area contributed by atoms with Gasteiger partial charge in [0.05, 0.1) is 17.0 Å². The van der Waals surface area contributed by atoms with Crippen molar-refractivity contribution in [3.63, 3.8) is 0 Å². The van der Waals surface area contributed by atoms with Crippen LogP contribution in [0.2, 0.25) is 5.02 Å². The van der Waals surface area contributed by atoms with Crippen molar-refractivity contribution >= 4 is 52.1 Å². The number of piperazine rings is 1. The quantitative estimate of drug-likeness (QED) is 0.763. The number of anilines is 2. The van der Waals surface area contributed by atoms with Crippen molar-refractivity contribution in [3.8, 4) is 0 Å². The largest absolute Gasteiger partial charge is 0.459 e. The molecule has 142 valence electrons. The first-order chi connectivity index (χ1) is 12.9. The molecule has 0 saturated carbocycles. The van der Waals surface area contributed by atoms with E-state index in [4.69, 9.17) is 28.2 Å². The SMILES string of the molecule is CC(=O)N1CCN(c2ccc(NC(=S)NC(=O)c3ccco3)cc2Cl)CC1. The van der Waals surface area contributed by atoms with Crippen LogP contribution in [0, 0.1) is 0 Å². The second-order valence-corrected chi connectivity index (χ2v) is 6.86. The van der Waals surface area contributed by atoms with Crippen molar-refractivity contribution in [1.29, 1.82) is 0 Å². The van der Waals surface area contributed by atoms with Crippen molar-refractivity contribution in [2.45, 2.75) is 6.92 Å². The van der Waals surface area contributed by atoms with Gasteiger partial charge in [-0.25, -0.2) is 0 Å². The number of nitrogens with one attached hydrogen (secondary N) is 2. The Morgan fingerprint density at radius 1 is 1.19 bits per heavy atom. The first-order valence-corrected chi connectivity index (χ1v) is 9.18. The summed E-state index contributed by atoms with van der Waals surface area (Å²) in [5, 5.41) is 6.18. The van der Waals surface area contributed by atoms with Gasteiger partial charge in [-0.1, -0.05) is 11.6 Å². The predicted molar refractivity (Wildman–Crippen MR) is 108 cm³/mol. The van der Waals surface area contributed by atoms with Gasteiger partial charge in [0.2, 0.25) is 5.91 Å². The van der Waals surface area contributed by atoms with Crippen molar-refractivity contribution in [2.75, 3.05) is 36.4 Å². The Hall–Kier alpha value is -2.58. The van der Waals surface area contributed by atoms with Gasteiger partial charge in [-0.15, -0.1) is 0 Å². The number of rotatable bonds is 3. The number of carbonyl (C=O) groups excluding carboxylic acids is 2. The number of hydrogen-bond acceptors (Lipinski definition) is 5. The number of nitrogens with zero attached hydrogens (tertiary/aromatic N) is 2. The lowest BCUT2D eigenvalue weighted by Crippen LogP contribution is -2.48. The molecule has 2 amide bonds. The molecule has 0 spiro atoms. The second-order valence-electron chi connectivity index (χ2n) is 6.04. The first-order valence-electron chi connectivity index (χ1n) is 8.40. The molecule has 2 N–H and O–H groups in total. The van der Waals surface area contributed by atoms with Gasteiger partial charge in [-0.05, 0) is 42.5 Å². The Labute approximate surface area is 167 Å². The molecule has 27 heavy (non-hydrogen) atoms. The smallest absolute Gasteiger partial charge is 0.293 e. The molecule has 1 aromatic carbocycles. The monoisotopic (exact) mass is 406 g/mol. The average molecular weight is 407 g/mol. The highest BCUT2D eigenvalue weighted by Gasteiger charge is 2.20. The van der Waals surface area contributed by atoms with Gasteiger partial charge in [0.25, 0.3) is 5.91 Å². The summed E-state index contributed by atoms with van der Waals surface area (Å²) < 4.78 is 5.02. The topological polar surface area (TPSA) is 77.8 Å². The maximum atomic E-state index is 11.9. The van der Waals surface area contributed by atoms with Gasteiger partial charge < -0.3 is 19.5 Å². The minimum atomic E-state index is -0.427. The fraction of sp³-hybridized carbons (Fsp3) is 0.278. The zero-order chi connectivity index (χ0) is 19.4. The molecule has 7 nitrogen and oxygen atoms in total. The molecule has 2 aromatic rings. The maximum Gasteiger partial charge on any atom is 0.293 e. The fourth-order valence-corrected chi connectivity index (χ4v) is 3.35. The minimum Gasteiger partial charge on any atom is -0.459 e. The van der Waals surface area contributed by atoms with Gasteiger partial charge in [-0.2, -0.15) is 0 Å².